The fraction of sp³-hybridized carbons (Fsp3) is 0.160. The minimum atomic E-state index is -4.26. The molecular formula is C25H21F3N4O3. The molecule has 1 amide bonds. The second-order valence-corrected chi connectivity index (χ2v) is 7.73. The highest BCUT2D eigenvalue weighted by atomic mass is 19.4. The first-order valence-electron chi connectivity index (χ1n) is 10.7. The smallest absolute Gasteiger partial charge is 0.389 e. The molecule has 7 nitrogen and oxygen atoms in total. The van der Waals surface area contributed by atoms with Gasteiger partial charge in [0.25, 0.3) is 5.91 Å². The van der Waals surface area contributed by atoms with Crippen molar-refractivity contribution >= 4 is 5.91 Å². The Bertz CT molecular complexity index is 1330. The van der Waals surface area contributed by atoms with Crippen LogP contribution >= 0.6 is 0 Å². The Labute approximate surface area is 198 Å². The van der Waals surface area contributed by atoms with Gasteiger partial charge < -0.3 is 15.5 Å². The van der Waals surface area contributed by atoms with Crippen LogP contribution in [0, 0.1) is 0 Å². The predicted octanol–water partition coefficient (Wildman–Crippen LogP) is 5.08. The van der Waals surface area contributed by atoms with Gasteiger partial charge in [0.2, 0.25) is 0 Å². The Morgan fingerprint density at radius 2 is 1.49 bits per heavy atom. The Morgan fingerprint density at radius 1 is 0.886 bits per heavy atom. The molecular weight excluding hydrogens is 461 g/mol. The molecule has 35 heavy (non-hydrogen) atoms. The number of nitrogens with one attached hydrogen (secondary N) is 1. The van der Waals surface area contributed by atoms with Gasteiger partial charge in [0.05, 0.1) is 16.8 Å². The number of alkyl halides is 3. The molecule has 10 heteroatoms. The summed E-state index contributed by atoms with van der Waals surface area (Å²) in [5, 5.41) is 27.6. The van der Waals surface area contributed by atoms with Crippen molar-refractivity contribution in [2.75, 3.05) is 6.54 Å². The number of carbonyl (C=O) groups is 1. The van der Waals surface area contributed by atoms with E-state index in [1.165, 1.54) is 28.9 Å². The van der Waals surface area contributed by atoms with Gasteiger partial charge in [0, 0.05) is 18.5 Å². The predicted molar refractivity (Wildman–Crippen MR) is 123 cm³/mol. The third kappa shape index (κ3) is 5.60. The average Bonchev–Trinajstić information content (AvgIpc) is 3.27. The number of hydrogen-bond acceptors (Lipinski definition) is 5. The molecule has 0 aliphatic rings. The van der Waals surface area contributed by atoms with E-state index in [1.807, 2.05) is 0 Å². The van der Waals surface area contributed by atoms with E-state index in [0.29, 0.717) is 22.6 Å². The van der Waals surface area contributed by atoms with E-state index in [1.54, 1.807) is 48.5 Å². The number of aromatic hydroxyl groups is 2. The summed E-state index contributed by atoms with van der Waals surface area (Å²) < 4.78 is 38.3. The van der Waals surface area contributed by atoms with Crippen LogP contribution in [0.25, 0.3) is 28.5 Å². The number of para-hydroxylation sites is 2. The van der Waals surface area contributed by atoms with Crippen LogP contribution in [-0.4, -0.2) is 43.6 Å². The average molecular weight is 482 g/mol. The third-order valence-electron chi connectivity index (χ3n) is 5.19. The molecule has 0 saturated heterocycles. The number of amides is 1. The van der Waals surface area contributed by atoms with Gasteiger partial charge in [-0.05, 0) is 55.0 Å². The second kappa shape index (κ2) is 9.88. The van der Waals surface area contributed by atoms with Gasteiger partial charge in [-0.25, -0.2) is 9.67 Å². The molecule has 0 saturated carbocycles. The van der Waals surface area contributed by atoms with Crippen molar-refractivity contribution in [2.45, 2.75) is 19.0 Å². The number of aromatic nitrogens is 3. The number of hydrogen-bond donors (Lipinski definition) is 3. The summed E-state index contributed by atoms with van der Waals surface area (Å²) in [5.41, 5.74) is 1.60. The topological polar surface area (TPSA) is 100 Å². The minimum Gasteiger partial charge on any atom is -0.507 e. The summed E-state index contributed by atoms with van der Waals surface area (Å²) in [5.74, 6) is 0.0255. The second-order valence-electron chi connectivity index (χ2n) is 7.73. The van der Waals surface area contributed by atoms with Crippen molar-refractivity contribution < 1.29 is 28.2 Å². The maximum atomic E-state index is 12.3. The molecule has 3 N–H and O–H groups in total. The maximum absolute atomic E-state index is 12.3. The minimum absolute atomic E-state index is 0.00831. The zero-order chi connectivity index (χ0) is 25.0. The standard InChI is InChI=1S/C25H21F3N4O3/c26-25(27,28)14-5-15-29-24(35)16-10-12-17(13-11-16)32-23(19-7-2-4-9-21(19)34)30-22(31-32)18-6-1-3-8-20(18)33/h1-4,6-13,33-34H,5,14-15H2,(H,29,35). The molecule has 180 valence electrons. The highest BCUT2D eigenvalue weighted by molar-refractivity contribution is 5.94. The monoisotopic (exact) mass is 482 g/mol. The molecule has 0 bridgehead atoms. The molecule has 0 fully saturated rings. The molecule has 0 unspecified atom stereocenters. The first-order chi connectivity index (χ1) is 16.7. The van der Waals surface area contributed by atoms with Crippen molar-refractivity contribution in [2.24, 2.45) is 0 Å². The van der Waals surface area contributed by atoms with Crippen molar-refractivity contribution in [3.8, 4) is 40.0 Å². The molecule has 0 aliphatic carbocycles. The van der Waals surface area contributed by atoms with Crippen LogP contribution in [0.4, 0.5) is 13.2 Å². The Balaban J connectivity index is 1.63. The number of phenolic OH excluding ortho intramolecular Hbond substituents is 2. The summed E-state index contributed by atoms with van der Waals surface area (Å²) in [7, 11) is 0. The third-order valence-corrected chi connectivity index (χ3v) is 5.19. The van der Waals surface area contributed by atoms with Crippen molar-refractivity contribution in [3.63, 3.8) is 0 Å². The summed E-state index contributed by atoms with van der Waals surface area (Å²) in [6.45, 7) is -0.0927. The molecule has 0 aliphatic heterocycles. The van der Waals surface area contributed by atoms with E-state index in [4.69, 9.17) is 0 Å². The van der Waals surface area contributed by atoms with E-state index in [0.717, 1.165) is 0 Å². The van der Waals surface area contributed by atoms with E-state index in [9.17, 15) is 28.2 Å². The van der Waals surface area contributed by atoms with E-state index >= 15 is 0 Å². The van der Waals surface area contributed by atoms with E-state index in [2.05, 4.69) is 15.4 Å². The fourth-order valence-electron chi connectivity index (χ4n) is 3.45. The van der Waals surface area contributed by atoms with Crippen molar-refractivity contribution in [1.29, 1.82) is 0 Å². The lowest BCUT2D eigenvalue weighted by molar-refractivity contribution is -0.135. The van der Waals surface area contributed by atoms with Crippen LogP contribution < -0.4 is 5.32 Å². The van der Waals surface area contributed by atoms with Crippen LogP contribution in [0.5, 0.6) is 11.5 Å². The summed E-state index contributed by atoms with van der Waals surface area (Å²) >= 11 is 0. The summed E-state index contributed by atoms with van der Waals surface area (Å²) in [6.07, 6.45) is -5.43. The summed E-state index contributed by atoms with van der Waals surface area (Å²) in [4.78, 5) is 16.8. The number of rotatable bonds is 7. The molecule has 1 heterocycles. The van der Waals surface area contributed by atoms with Crippen molar-refractivity contribution in [1.82, 2.24) is 20.1 Å². The van der Waals surface area contributed by atoms with Crippen LogP contribution in [0.3, 0.4) is 0 Å². The van der Waals surface area contributed by atoms with Crippen LogP contribution in [0.2, 0.25) is 0 Å². The lowest BCUT2D eigenvalue weighted by Crippen LogP contribution is -2.25. The first kappa shape index (κ1) is 23.8. The van der Waals surface area contributed by atoms with Gasteiger partial charge in [0.1, 0.15) is 11.5 Å². The number of carbonyl (C=O) groups excluding carboxylic acids is 1. The highest BCUT2D eigenvalue weighted by Crippen LogP contribution is 2.33. The van der Waals surface area contributed by atoms with Gasteiger partial charge >= 0.3 is 6.18 Å². The fourth-order valence-corrected chi connectivity index (χ4v) is 3.45. The molecule has 4 aromatic rings. The van der Waals surface area contributed by atoms with Crippen LogP contribution in [-0.2, 0) is 0 Å². The molecule has 0 spiro atoms. The molecule has 0 radical (unpaired) electrons. The Kier molecular flexibility index (Phi) is 6.72. The first-order valence-corrected chi connectivity index (χ1v) is 10.7. The molecule has 3 aromatic carbocycles. The SMILES string of the molecule is O=C(NCCCC(F)(F)F)c1ccc(-n2nc(-c3ccccc3O)nc2-c2ccccc2O)cc1. The summed E-state index contributed by atoms with van der Waals surface area (Å²) in [6, 6.07) is 19.4. The highest BCUT2D eigenvalue weighted by Gasteiger charge is 2.26. The zero-order valence-corrected chi connectivity index (χ0v) is 18.3. The normalized spacial score (nSPS) is 11.4. The largest absolute Gasteiger partial charge is 0.507 e. The molecule has 4 rings (SSSR count). The van der Waals surface area contributed by atoms with Gasteiger partial charge in [0.15, 0.2) is 11.6 Å². The number of halogens is 3. The lowest BCUT2D eigenvalue weighted by Gasteiger charge is -2.09. The Hall–Kier alpha value is -4.34. The maximum Gasteiger partial charge on any atom is 0.389 e. The van der Waals surface area contributed by atoms with Gasteiger partial charge in [-0.15, -0.1) is 5.10 Å². The van der Waals surface area contributed by atoms with E-state index in [-0.39, 0.29) is 35.9 Å². The van der Waals surface area contributed by atoms with Crippen LogP contribution in [0.1, 0.15) is 23.2 Å². The van der Waals surface area contributed by atoms with Gasteiger partial charge in [-0.1, -0.05) is 24.3 Å². The molecule has 1 aromatic heterocycles. The van der Waals surface area contributed by atoms with E-state index < -0.39 is 18.5 Å². The van der Waals surface area contributed by atoms with Crippen molar-refractivity contribution in [3.05, 3.63) is 78.4 Å². The quantitative estimate of drug-likeness (QED) is 0.319. The lowest BCUT2D eigenvalue weighted by atomic mass is 10.1. The zero-order valence-electron chi connectivity index (χ0n) is 18.3. The van der Waals surface area contributed by atoms with Gasteiger partial charge in [-0.2, -0.15) is 13.2 Å². The molecule has 0 atom stereocenters. The number of phenols is 2. The number of benzene rings is 3. The van der Waals surface area contributed by atoms with Crippen LogP contribution in [0.15, 0.2) is 72.8 Å². The van der Waals surface area contributed by atoms with Gasteiger partial charge in [-0.3, -0.25) is 4.79 Å². The number of nitrogens with zero attached hydrogens (tertiary/aromatic N) is 3. The Morgan fingerprint density at radius 3 is 2.09 bits per heavy atom.